The Morgan fingerprint density at radius 2 is 0.400 bits per heavy atom. The predicted octanol–water partition coefficient (Wildman–Crippen LogP) is -4.65. The van der Waals surface area contributed by atoms with Crippen molar-refractivity contribution in [2.24, 2.45) is 0 Å². The molecule has 0 amide bonds. The summed E-state index contributed by atoms with van der Waals surface area (Å²) in [7, 11) is 0. The molecule has 4 radical (unpaired) electrons. The summed E-state index contributed by atoms with van der Waals surface area (Å²) >= 11 is 0. The second-order valence-corrected chi connectivity index (χ2v) is 0. The van der Waals surface area contributed by atoms with Gasteiger partial charge in [0.05, 0.1) is 0 Å². The molecule has 0 spiro atoms. The summed E-state index contributed by atoms with van der Waals surface area (Å²) in [5, 5.41) is 0. The summed E-state index contributed by atoms with van der Waals surface area (Å²) < 4.78 is 0. The Balaban J connectivity index is 0. The van der Waals surface area contributed by atoms with Crippen molar-refractivity contribution >= 4 is 97.7 Å². The van der Waals surface area contributed by atoms with E-state index in [2.05, 4.69) is 0 Å². The van der Waals surface area contributed by atoms with Crippen LogP contribution in [0.2, 0.25) is 0 Å². The van der Waals surface area contributed by atoms with Crippen molar-refractivity contribution in [3.8, 4) is 0 Å². The Kier molecular flexibility index (Phi) is 218. The Hall–Kier alpha value is 3.27. The van der Waals surface area contributed by atoms with E-state index in [1.807, 2.05) is 0 Å². The molecule has 5 heavy (non-hydrogen) atoms. The molecule has 0 aliphatic carbocycles. The molecule has 0 unspecified atom stereocenters. The first-order chi connectivity index (χ1) is 0. The summed E-state index contributed by atoms with van der Waals surface area (Å²) in [5.41, 5.74) is 0. The SMILES string of the molecule is [C].[SbH3].[SbH3].[SbH3].[SbH3]. The van der Waals surface area contributed by atoms with E-state index in [-0.39, 0.29) is 105 Å². The summed E-state index contributed by atoms with van der Waals surface area (Å²) in [5.74, 6) is 0. The van der Waals surface area contributed by atoms with Crippen LogP contribution >= 0.6 is 0 Å². The zero-order valence-electron chi connectivity index (χ0n) is 3.33. The normalized spacial score (nSPS) is 0. The quantitative estimate of drug-likeness (QED) is 0.288. The van der Waals surface area contributed by atoms with Crippen molar-refractivity contribution in [3.05, 3.63) is 7.43 Å². The van der Waals surface area contributed by atoms with Crippen LogP contribution in [-0.4, -0.2) is 97.7 Å². The van der Waals surface area contributed by atoms with Gasteiger partial charge in [0.15, 0.2) is 0 Å². The van der Waals surface area contributed by atoms with Crippen molar-refractivity contribution in [3.63, 3.8) is 0 Å². The molecule has 36 valence electrons. The van der Waals surface area contributed by atoms with Crippen molar-refractivity contribution in [2.75, 3.05) is 0 Å². The van der Waals surface area contributed by atoms with Crippen LogP contribution in [0.3, 0.4) is 0 Å². The van der Waals surface area contributed by atoms with Crippen LogP contribution < -0.4 is 0 Å². The third-order valence-electron chi connectivity index (χ3n) is 0. The van der Waals surface area contributed by atoms with Crippen LogP contribution in [-0.2, 0) is 0 Å². The minimum absolute atomic E-state index is 0. The fourth-order valence-corrected chi connectivity index (χ4v) is 0. The Morgan fingerprint density at radius 3 is 0.400 bits per heavy atom. The van der Waals surface area contributed by atoms with E-state index in [0.717, 1.165) is 0 Å². The van der Waals surface area contributed by atoms with E-state index in [9.17, 15) is 0 Å². The molecule has 0 aromatic carbocycles. The van der Waals surface area contributed by atoms with Gasteiger partial charge in [-0.3, -0.25) is 0 Å². The third kappa shape index (κ3) is 18.9. The fraction of sp³-hybridized carbons (Fsp3) is 0. The second-order valence-electron chi connectivity index (χ2n) is 0. The van der Waals surface area contributed by atoms with Crippen LogP contribution in [0.25, 0.3) is 0 Å². The molecule has 0 atom stereocenters. The molecular weight excluding hydrogens is 499 g/mol. The van der Waals surface area contributed by atoms with E-state index in [4.69, 9.17) is 0 Å². The van der Waals surface area contributed by atoms with E-state index >= 15 is 0 Å². The first-order valence-corrected chi connectivity index (χ1v) is 0. The molecular formula is CH12Sb4. The standard InChI is InChI=1S/C.4Sb.12H. The van der Waals surface area contributed by atoms with Crippen LogP contribution in [0.5, 0.6) is 0 Å². The van der Waals surface area contributed by atoms with Gasteiger partial charge in [0.2, 0.25) is 0 Å². The van der Waals surface area contributed by atoms with E-state index in [1.165, 1.54) is 0 Å². The minimum atomic E-state index is 0. The zero-order valence-corrected chi connectivity index (χ0v) is 19.5. The van der Waals surface area contributed by atoms with E-state index in [0.29, 0.717) is 0 Å². The van der Waals surface area contributed by atoms with Crippen molar-refractivity contribution in [1.29, 1.82) is 0 Å². The summed E-state index contributed by atoms with van der Waals surface area (Å²) in [4.78, 5) is 0. The third-order valence-corrected chi connectivity index (χ3v) is 0. The Bertz CT molecular complexity index is 3.61. The van der Waals surface area contributed by atoms with Gasteiger partial charge in [-0.15, -0.1) is 0 Å². The molecule has 0 heterocycles. The molecule has 0 saturated carbocycles. The van der Waals surface area contributed by atoms with Gasteiger partial charge >= 0.3 is 97.7 Å². The first kappa shape index (κ1) is 40.9. The molecule has 0 aliphatic heterocycles. The topological polar surface area (TPSA) is 0 Å². The maximum absolute atomic E-state index is 0. The van der Waals surface area contributed by atoms with Gasteiger partial charge in [-0.25, -0.2) is 0 Å². The van der Waals surface area contributed by atoms with Gasteiger partial charge in [-0.05, 0) is 0 Å². The maximum atomic E-state index is 0. The van der Waals surface area contributed by atoms with Crippen LogP contribution in [0.15, 0.2) is 0 Å². The zero-order chi connectivity index (χ0) is 0. The van der Waals surface area contributed by atoms with Gasteiger partial charge < -0.3 is 0 Å². The van der Waals surface area contributed by atoms with Gasteiger partial charge in [-0.2, -0.15) is 0 Å². The average Bonchev–Trinajstić information content (AvgIpc) is 0. The van der Waals surface area contributed by atoms with Crippen molar-refractivity contribution in [1.82, 2.24) is 0 Å². The van der Waals surface area contributed by atoms with Crippen LogP contribution in [0.4, 0.5) is 0 Å². The molecule has 0 N–H and O–H groups in total. The summed E-state index contributed by atoms with van der Waals surface area (Å²) in [6.45, 7) is 0. The van der Waals surface area contributed by atoms with Gasteiger partial charge in [0.1, 0.15) is 0 Å². The summed E-state index contributed by atoms with van der Waals surface area (Å²) in [6, 6.07) is 0. The molecule has 0 nitrogen and oxygen atoms in total. The average molecular weight is 511 g/mol. The van der Waals surface area contributed by atoms with E-state index in [1.54, 1.807) is 0 Å². The second kappa shape index (κ2) is 26.7. The number of rotatable bonds is 0. The fourth-order valence-electron chi connectivity index (χ4n) is 0. The molecule has 0 bridgehead atoms. The Labute approximate surface area is 103 Å². The molecule has 0 aromatic rings. The molecule has 0 aliphatic rings. The van der Waals surface area contributed by atoms with Gasteiger partial charge in [-0.1, -0.05) is 0 Å². The van der Waals surface area contributed by atoms with Gasteiger partial charge in [0, 0.05) is 7.43 Å². The number of hydrogen-bond acceptors (Lipinski definition) is 0. The van der Waals surface area contributed by atoms with Crippen molar-refractivity contribution < 1.29 is 0 Å². The van der Waals surface area contributed by atoms with Crippen molar-refractivity contribution in [2.45, 2.75) is 0 Å². The van der Waals surface area contributed by atoms with Crippen LogP contribution in [0.1, 0.15) is 0 Å². The predicted molar refractivity (Wildman–Crippen MR) is 43.0 cm³/mol. The molecule has 0 rings (SSSR count). The first-order valence-electron chi connectivity index (χ1n) is 0. The monoisotopic (exact) mass is 508 g/mol. The van der Waals surface area contributed by atoms with Gasteiger partial charge in [0.25, 0.3) is 0 Å². The summed E-state index contributed by atoms with van der Waals surface area (Å²) in [6.07, 6.45) is 0. The van der Waals surface area contributed by atoms with Crippen LogP contribution in [0, 0.1) is 7.43 Å². The van der Waals surface area contributed by atoms with E-state index < -0.39 is 0 Å². The Morgan fingerprint density at radius 1 is 0.400 bits per heavy atom. The molecule has 0 aromatic heterocycles. The molecule has 4 heteroatoms. The molecule has 0 fully saturated rings. The molecule has 0 saturated heterocycles. The number of hydrogen-bond donors (Lipinski definition) is 0.